The standard InChI is InChI=1S/C12H18N2O/c1-10-4-2-6-13-12(10)14-7-3-5-11(8-14)9-15/h2,4,6,11,15H,3,5,7-9H2,1H3. The lowest BCUT2D eigenvalue weighted by Crippen LogP contribution is -2.37. The number of piperidine rings is 1. The molecule has 3 nitrogen and oxygen atoms in total. The van der Waals surface area contributed by atoms with Crippen LogP contribution in [0.5, 0.6) is 0 Å². The zero-order valence-electron chi connectivity index (χ0n) is 9.19. The second-order valence-corrected chi connectivity index (χ2v) is 4.28. The molecule has 0 aromatic carbocycles. The van der Waals surface area contributed by atoms with E-state index in [1.807, 2.05) is 12.3 Å². The number of aryl methyl sites for hydroxylation is 1. The molecular formula is C12H18N2O. The molecule has 2 rings (SSSR count). The molecule has 1 aromatic rings. The molecule has 82 valence electrons. The fourth-order valence-corrected chi connectivity index (χ4v) is 2.21. The van der Waals surface area contributed by atoms with Gasteiger partial charge in [0.05, 0.1) is 0 Å². The molecule has 1 unspecified atom stereocenters. The first-order valence-electron chi connectivity index (χ1n) is 5.58. The first kappa shape index (κ1) is 10.4. The maximum atomic E-state index is 9.18. The Labute approximate surface area is 90.8 Å². The minimum Gasteiger partial charge on any atom is -0.396 e. The number of aliphatic hydroxyl groups excluding tert-OH is 1. The van der Waals surface area contributed by atoms with E-state index in [1.54, 1.807) is 0 Å². The molecule has 1 aliphatic heterocycles. The summed E-state index contributed by atoms with van der Waals surface area (Å²) < 4.78 is 0. The lowest BCUT2D eigenvalue weighted by Gasteiger charge is -2.33. The summed E-state index contributed by atoms with van der Waals surface area (Å²) >= 11 is 0. The van der Waals surface area contributed by atoms with Crippen molar-refractivity contribution in [1.29, 1.82) is 0 Å². The highest BCUT2D eigenvalue weighted by Gasteiger charge is 2.20. The van der Waals surface area contributed by atoms with Crippen LogP contribution < -0.4 is 4.90 Å². The highest BCUT2D eigenvalue weighted by Crippen LogP contribution is 2.23. The van der Waals surface area contributed by atoms with Crippen LogP contribution in [0.4, 0.5) is 5.82 Å². The number of hydrogen-bond donors (Lipinski definition) is 1. The monoisotopic (exact) mass is 206 g/mol. The normalized spacial score (nSPS) is 21.7. The lowest BCUT2D eigenvalue weighted by atomic mass is 9.99. The number of rotatable bonds is 2. The van der Waals surface area contributed by atoms with E-state index in [0.29, 0.717) is 12.5 Å². The van der Waals surface area contributed by atoms with Crippen LogP contribution in [0.15, 0.2) is 18.3 Å². The Morgan fingerprint density at radius 2 is 2.47 bits per heavy atom. The van der Waals surface area contributed by atoms with Crippen molar-refractivity contribution in [3.63, 3.8) is 0 Å². The number of hydrogen-bond acceptors (Lipinski definition) is 3. The minimum atomic E-state index is 0.294. The first-order chi connectivity index (χ1) is 7.31. The maximum absolute atomic E-state index is 9.18. The van der Waals surface area contributed by atoms with Crippen molar-refractivity contribution in [1.82, 2.24) is 4.98 Å². The van der Waals surface area contributed by atoms with E-state index < -0.39 is 0 Å². The molecule has 0 radical (unpaired) electrons. The van der Waals surface area contributed by atoms with Crippen LogP contribution in [-0.4, -0.2) is 29.8 Å². The van der Waals surface area contributed by atoms with Gasteiger partial charge >= 0.3 is 0 Å². The minimum absolute atomic E-state index is 0.294. The smallest absolute Gasteiger partial charge is 0.131 e. The largest absolute Gasteiger partial charge is 0.396 e. The molecule has 0 saturated carbocycles. The van der Waals surface area contributed by atoms with Crippen molar-refractivity contribution >= 4 is 5.82 Å². The summed E-state index contributed by atoms with van der Waals surface area (Å²) in [7, 11) is 0. The van der Waals surface area contributed by atoms with Gasteiger partial charge in [0, 0.05) is 25.9 Å². The summed E-state index contributed by atoms with van der Waals surface area (Å²) in [5.41, 5.74) is 1.22. The average molecular weight is 206 g/mol. The lowest BCUT2D eigenvalue weighted by molar-refractivity contribution is 0.208. The third-order valence-electron chi connectivity index (χ3n) is 3.06. The van der Waals surface area contributed by atoms with Crippen molar-refractivity contribution < 1.29 is 5.11 Å². The zero-order valence-corrected chi connectivity index (χ0v) is 9.19. The van der Waals surface area contributed by atoms with Crippen LogP contribution >= 0.6 is 0 Å². The molecule has 1 aliphatic rings. The summed E-state index contributed by atoms with van der Waals surface area (Å²) in [6.07, 6.45) is 4.13. The molecule has 2 heterocycles. The number of anilines is 1. The van der Waals surface area contributed by atoms with Crippen LogP contribution in [-0.2, 0) is 0 Å². The van der Waals surface area contributed by atoms with Crippen LogP contribution in [0.1, 0.15) is 18.4 Å². The van der Waals surface area contributed by atoms with E-state index in [-0.39, 0.29) is 0 Å². The quantitative estimate of drug-likeness (QED) is 0.798. The van der Waals surface area contributed by atoms with Gasteiger partial charge in [-0.15, -0.1) is 0 Å². The van der Waals surface area contributed by atoms with Crippen molar-refractivity contribution in [2.45, 2.75) is 19.8 Å². The Balaban J connectivity index is 2.13. The molecule has 0 bridgehead atoms. The number of nitrogens with zero attached hydrogens (tertiary/aromatic N) is 2. The van der Waals surface area contributed by atoms with Gasteiger partial charge in [-0.3, -0.25) is 0 Å². The Bertz CT molecular complexity index is 327. The van der Waals surface area contributed by atoms with Crippen molar-refractivity contribution in [3.05, 3.63) is 23.9 Å². The second kappa shape index (κ2) is 4.62. The third kappa shape index (κ3) is 2.29. The Kier molecular flexibility index (Phi) is 3.21. The molecule has 0 spiro atoms. The van der Waals surface area contributed by atoms with Gasteiger partial charge in [0.2, 0.25) is 0 Å². The topological polar surface area (TPSA) is 36.4 Å². The van der Waals surface area contributed by atoms with Gasteiger partial charge in [-0.05, 0) is 37.3 Å². The van der Waals surface area contributed by atoms with Crippen LogP contribution in [0.3, 0.4) is 0 Å². The Morgan fingerprint density at radius 3 is 3.20 bits per heavy atom. The van der Waals surface area contributed by atoms with Crippen molar-refractivity contribution in [3.8, 4) is 0 Å². The second-order valence-electron chi connectivity index (χ2n) is 4.28. The summed E-state index contributed by atoms with van der Waals surface area (Å²) in [5, 5.41) is 9.18. The van der Waals surface area contributed by atoms with Gasteiger partial charge in [0.15, 0.2) is 0 Å². The summed E-state index contributed by atoms with van der Waals surface area (Å²) in [6, 6.07) is 4.05. The van der Waals surface area contributed by atoms with Crippen molar-refractivity contribution in [2.75, 3.05) is 24.6 Å². The van der Waals surface area contributed by atoms with Gasteiger partial charge in [0.1, 0.15) is 5.82 Å². The molecule has 15 heavy (non-hydrogen) atoms. The highest BCUT2D eigenvalue weighted by molar-refractivity contribution is 5.46. The molecular weight excluding hydrogens is 188 g/mol. The molecule has 1 atom stereocenters. The number of aliphatic hydroxyl groups is 1. The van der Waals surface area contributed by atoms with Crippen LogP contribution in [0.2, 0.25) is 0 Å². The van der Waals surface area contributed by atoms with Gasteiger partial charge in [-0.2, -0.15) is 0 Å². The molecule has 0 aliphatic carbocycles. The highest BCUT2D eigenvalue weighted by atomic mass is 16.3. The molecule has 1 saturated heterocycles. The van der Waals surface area contributed by atoms with E-state index in [2.05, 4.69) is 22.9 Å². The first-order valence-corrected chi connectivity index (χ1v) is 5.58. The number of pyridine rings is 1. The Morgan fingerprint density at radius 1 is 1.60 bits per heavy atom. The number of aromatic nitrogens is 1. The van der Waals surface area contributed by atoms with Gasteiger partial charge in [-0.25, -0.2) is 4.98 Å². The summed E-state index contributed by atoms with van der Waals surface area (Å²) in [5.74, 6) is 1.50. The van der Waals surface area contributed by atoms with E-state index in [4.69, 9.17) is 0 Å². The predicted molar refractivity (Wildman–Crippen MR) is 61.0 cm³/mol. The summed E-state index contributed by atoms with van der Waals surface area (Å²) in [6.45, 7) is 4.38. The van der Waals surface area contributed by atoms with E-state index in [9.17, 15) is 5.11 Å². The SMILES string of the molecule is Cc1cccnc1N1CCCC(CO)C1. The van der Waals surface area contributed by atoms with E-state index in [0.717, 1.165) is 31.7 Å². The Hall–Kier alpha value is -1.09. The average Bonchev–Trinajstić information content (AvgIpc) is 2.30. The molecule has 1 fully saturated rings. The molecule has 3 heteroatoms. The molecule has 0 amide bonds. The van der Waals surface area contributed by atoms with Gasteiger partial charge in [-0.1, -0.05) is 6.07 Å². The fourth-order valence-electron chi connectivity index (χ4n) is 2.21. The van der Waals surface area contributed by atoms with Crippen molar-refractivity contribution in [2.24, 2.45) is 5.92 Å². The molecule has 1 N–H and O–H groups in total. The van der Waals surface area contributed by atoms with E-state index >= 15 is 0 Å². The van der Waals surface area contributed by atoms with E-state index in [1.165, 1.54) is 5.56 Å². The molecule has 1 aromatic heterocycles. The summed E-state index contributed by atoms with van der Waals surface area (Å²) in [4.78, 5) is 6.71. The van der Waals surface area contributed by atoms with Crippen LogP contribution in [0.25, 0.3) is 0 Å². The maximum Gasteiger partial charge on any atom is 0.131 e. The predicted octanol–water partition coefficient (Wildman–Crippen LogP) is 1.60. The third-order valence-corrected chi connectivity index (χ3v) is 3.06. The fraction of sp³-hybridized carbons (Fsp3) is 0.583. The zero-order chi connectivity index (χ0) is 10.7. The van der Waals surface area contributed by atoms with Gasteiger partial charge in [0.25, 0.3) is 0 Å². The van der Waals surface area contributed by atoms with Gasteiger partial charge < -0.3 is 10.0 Å². The van der Waals surface area contributed by atoms with Crippen LogP contribution in [0, 0.1) is 12.8 Å².